The van der Waals surface area contributed by atoms with Gasteiger partial charge in [0.15, 0.2) is 0 Å². The monoisotopic (exact) mass is 268 g/mol. The molecule has 1 amide bonds. The van der Waals surface area contributed by atoms with E-state index in [-0.39, 0.29) is 11.3 Å². The van der Waals surface area contributed by atoms with Crippen molar-refractivity contribution in [3.8, 4) is 0 Å². The van der Waals surface area contributed by atoms with Crippen LogP contribution < -0.4 is 5.32 Å². The van der Waals surface area contributed by atoms with Crippen molar-refractivity contribution in [3.63, 3.8) is 0 Å². The molecule has 2 aliphatic heterocycles. The number of likely N-dealkylation sites (tertiary alicyclic amines) is 1. The molecular formula is C14H24N2O3. The standard InChI is InChI=1S/C14H24N2O3/c1-3-14(12(18)19)6-9-16(10-14)11(17)13(2)4-7-15-8-5-13/h15H,3-10H2,1-2H3,(H,18,19). The van der Waals surface area contributed by atoms with Crippen LogP contribution in [0.3, 0.4) is 0 Å². The number of amides is 1. The van der Waals surface area contributed by atoms with Gasteiger partial charge in [-0.1, -0.05) is 13.8 Å². The third-order valence-electron chi connectivity index (χ3n) is 4.99. The fourth-order valence-electron chi connectivity index (χ4n) is 3.23. The topological polar surface area (TPSA) is 69.6 Å². The first-order valence-electron chi connectivity index (χ1n) is 7.17. The molecule has 5 heteroatoms. The van der Waals surface area contributed by atoms with E-state index in [9.17, 15) is 14.7 Å². The first kappa shape index (κ1) is 14.3. The molecular weight excluding hydrogens is 244 g/mol. The minimum Gasteiger partial charge on any atom is -0.481 e. The first-order chi connectivity index (χ1) is 8.93. The molecule has 19 heavy (non-hydrogen) atoms. The van der Waals surface area contributed by atoms with Crippen LogP contribution in [0.5, 0.6) is 0 Å². The highest BCUT2D eigenvalue weighted by atomic mass is 16.4. The minimum atomic E-state index is -0.763. The SMILES string of the molecule is CCC1(C(=O)O)CCN(C(=O)C2(C)CCNCC2)C1. The van der Waals surface area contributed by atoms with Crippen molar-refractivity contribution >= 4 is 11.9 Å². The maximum Gasteiger partial charge on any atom is 0.311 e. The number of carbonyl (C=O) groups is 2. The Morgan fingerprint density at radius 3 is 2.37 bits per heavy atom. The van der Waals surface area contributed by atoms with E-state index in [0.717, 1.165) is 25.9 Å². The average Bonchev–Trinajstić information content (AvgIpc) is 2.84. The van der Waals surface area contributed by atoms with Gasteiger partial charge in [-0.25, -0.2) is 0 Å². The van der Waals surface area contributed by atoms with E-state index in [1.807, 2.05) is 13.8 Å². The van der Waals surface area contributed by atoms with Crippen LogP contribution in [-0.2, 0) is 9.59 Å². The van der Waals surface area contributed by atoms with Crippen molar-refractivity contribution in [1.29, 1.82) is 0 Å². The van der Waals surface area contributed by atoms with Gasteiger partial charge in [0, 0.05) is 18.5 Å². The first-order valence-corrected chi connectivity index (χ1v) is 7.17. The molecule has 2 fully saturated rings. The Hall–Kier alpha value is -1.10. The molecule has 2 rings (SSSR count). The smallest absolute Gasteiger partial charge is 0.311 e. The second kappa shape index (κ2) is 5.12. The number of carboxylic acids is 1. The maximum absolute atomic E-state index is 12.7. The summed E-state index contributed by atoms with van der Waals surface area (Å²) in [5.74, 6) is -0.619. The molecule has 0 aromatic rings. The summed E-state index contributed by atoms with van der Waals surface area (Å²) in [6, 6.07) is 0. The maximum atomic E-state index is 12.7. The number of hydrogen-bond acceptors (Lipinski definition) is 3. The van der Waals surface area contributed by atoms with Crippen molar-refractivity contribution in [3.05, 3.63) is 0 Å². The Balaban J connectivity index is 2.08. The highest BCUT2D eigenvalue weighted by Gasteiger charge is 2.48. The molecule has 0 radical (unpaired) electrons. The summed E-state index contributed by atoms with van der Waals surface area (Å²) in [5.41, 5.74) is -1.04. The largest absolute Gasteiger partial charge is 0.481 e. The Morgan fingerprint density at radius 1 is 1.26 bits per heavy atom. The zero-order valence-electron chi connectivity index (χ0n) is 11.9. The molecule has 0 saturated carbocycles. The summed E-state index contributed by atoms with van der Waals surface area (Å²) in [5, 5.41) is 12.7. The van der Waals surface area contributed by atoms with Gasteiger partial charge in [0.2, 0.25) is 5.91 Å². The number of nitrogens with zero attached hydrogens (tertiary/aromatic N) is 1. The summed E-state index contributed by atoms with van der Waals surface area (Å²) in [6.45, 7) is 6.61. The molecule has 2 N–H and O–H groups in total. The predicted octanol–water partition coefficient (Wildman–Crippen LogP) is 1.09. The Labute approximate surface area is 114 Å². The lowest BCUT2D eigenvalue weighted by Gasteiger charge is -2.36. The van der Waals surface area contributed by atoms with Crippen molar-refractivity contribution < 1.29 is 14.7 Å². The van der Waals surface area contributed by atoms with Gasteiger partial charge in [0.1, 0.15) is 0 Å². The van der Waals surface area contributed by atoms with Crippen molar-refractivity contribution in [2.75, 3.05) is 26.2 Å². The van der Waals surface area contributed by atoms with Crippen LogP contribution in [0.2, 0.25) is 0 Å². The van der Waals surface area contributed by atoms with E-state index < -0.39 is 11.4 Å². The Bertz CT molecular complexity index is 377. The van der Waals surface area contributed by atoms with E-state index in [1.54, 1.807) is 4.90 Å². The zero-order chi connectivity index (χ0) is 14.1. The molecule has 1 unspecified atom stereocenters. The molecule has 0 bridgehead atoms. The van der Waals surface area contributed by atoms with Gasteiger partial charge in [-0.3, -0.25) is 9.59 Å². The summed E-state index contributed by atoms with van der Waals surface area (Å²) < 4.78 is 0. The van der Waals surface area contributed by atoms with Crippen LogP contribution in [-0.4, -0.2) is 48.1 Å². The van der Waals surface area contributed by atoms with E-state index in [2.05, 4.69) is 5.32 Å². The molecule has 2 saturated heterocycles. The van der Waals surface area contributed by atoms with Crippen LogP contribution in [0.25, 0.3) is 0 Å². The van der Waals surface area contributed by atoms with Crippen LogP contribution in [0, 0.1) is 10.8 Å². The Kier molecular flexibility index (Phi) is 3.85. The van der Waals surface area contributed by atoms with Gasteiger partial charge < -0.3 is 15.3 Å². The highest BCUT2D eigenvalue weighted by Crippen LogP contribution is 2.38. The summed E-state index contributed by atoms with van der Waals surface area (Å²) in [6.07, 6.45) is 2.85. The number of nitrogens with one attached hydrogen (secondary N) is 1. The number of carboxylic acid groups (broad SMARTS) is 1. The molecule has 0 aromatic heterocycles. The van der Waals surface area contributed by atoms with Gasteiger partial charge in [0.25, 0.3) is 0 Å². The van der Waals surface area contributed by atoms with Gasteiger partial charge in [-0.2, -0.15) is 0 Å². The fourth-order valence-corrected chi connectivity index (χ4v) is 3.23. The molecule has 0 aromatic carbocycles. The van der Waals surface area contributed by atoms with Crippen molar-refractivity contribution in [2.24, 2.45) is 10.8 Å². The second-order valence-corrected chi connectivity index (χ2v) is 6.23. The predicted molar refractivity (Wildman–Crippen MR) is 71.8 cm³/mol. The van der Waals surface area contributed by atoms with Gasteiger partial charge in [-0.05, 0) is 38.8 Å². The average molecular weight is 268 g/mol. The van der Waals surface area contributed by atoms with Crippen molar-refractivity contribution in [1.82, 2.24) is 10.2 Å². The number of hydrogen-bond donors (Lipinski definition) is 2. The third-order valence-corrected chi connectivity index (χ3v) is 4.99. The summed E-state index contributed by atoms with van der Waals surface area (Å²) >= 11 is 0. The molecule has 1 atom stereocenters. The minimum absolute atomic E-state index is 0.144. The summed E-state index contributed by atoms with van der Waals surface area (Å²) in [4.78, 5) is 25.9. The lowest BCUT2D eigenvalue weighted by Crippen LogP contribution is -2.48. The Morgan fingerprint density at radius 2 is 1.89 bits per heavy atom. The second-order valence-electron chi connectivity index (χ2n) is 6.23. The van der Waals surface area contributed by atoms with Gasteiger partial charge >= 0.3 is 5.97 Å². The lowest BCUT2D eigenvalue weighted by atomic mass is 9.79. The number of aliphatic carboxylic acids is 1. The van der Waals surface area contributed by atoms with Crippen LogP contribution >= 0.6 is 0 Å². The van der Waals surface area contributed by atoms with Crippen LogP contribution in [0.15, 0.2) is 0 Å². The van der Waals surface area contributed by atoms with Crippen LogP contribution in [0.1, 0.15) is 39.5 Å². The number of rotatable bonds is 3. The zero-order valence-corrected chi connectivity index (χ0v) is 11.9. The van der Waals surface area contributed by atoms with E-state index >= 15 is 0 Å². The van der Waals surface area contributed by atoms with E-state index in [0.29, 0.717) is 25.9 Å². The molecule has 2 heterocycles. The third kappa shape index (κ3) is 2.48. The van der Waals surface area contributed by atoms with Crippen LogP contribution in [0.4, 0.5) is 0 Å². The molecule has 0 aliphatic carbocycles. The van der Waals surface area contributed by atoms with Gasteiger partial charge in [0.05, 0.1) is 5.41 Å². The molecule has 2 aliphatic rings. The molecule has 108 valence electrons. The van der Waals surface area contributed by atoms with Crippen molar-refractivity contribution in [2.45, 2.75) is 39.5 Å². The lowest BCUT2D eigenvalue weighted by molar-refractivity contribution is -0.149. The number of carbonyl (C=O) groups excluding carboxylic acids is 1. The van der Waals surface area contributed by atoms with E-state index in [4.69, 9.17) is 0 Å². The normalized spacial score (nSPS) is 30.3. The number of piperidine rings is 1. The molecule has 5 nitrogen and oxygen atoms in total. The van der Waals surface area contributed by atoms with Gasteiger partial charge in [-0.15, -0.1) is 0 Å². The quantitative estimate of drug-likeness (QED) is 0.804. The summed E-state index contributed by atoms with van der Waals surface area (Å²) in [7, 11) is 0. The van der Waals surface area contributed by atoms with E-state index in [1.165, 1.54) is 0 Å². The molecule has 0 spiro atoms. The fraction of sp³-hybridized carbons (Fsp3) is 0.857. The highest BCUT2D eigenvalue weighted by molar-refractivity contribution is 5.84.